The summed E-state index contributed by atoms with van der Waals surface area (Å²) in [7, 11) is 0. The van der Waals surface area contributed by atoms with Crippen molar-refractivity contribution in [2.24, 2.45) is 5.73 Å². The zero-order chi connectivity index (χ0) is 10.6. The third kappa shape index (κ3) is 4.04. The quantitative estimate of drug-likeness (QED) is 0.804. The Morgan fingerprint density at radius 1 is 1.33 bits per heavy atom. The highest BCUT2D eigenvalue weighted by atomic mass is 35.5. The molecule has 0 saturated carbocycles. The molecule has 0 spiro atoms. The predicted octanol–water partition coefficient (Wildman–Crippen LogP) is 4.38. The molecule has 0 heterocycles. The molecule has 4 heteroatoms. The summed E-state index contributed by atoms with van der Waals surface area (Å²) in [4.78, 5) is 0. The third-order valence-electron chi connectivity index (χ3n) is 2.05. The van der Waals surface area contributed by atoms with Crippen LogP contribution >= 0.6 is 35.6 Å². The van der Waals surface area contributed by atoms with Gasteiger partial charge in [-0.25, -0.2) is 0 Å². The zero-order valence-electron chi connectivity index (χ0n) is 8.25. The van der Waals surface area contributed by atoms with Crippen LogP contribution in [-0.2, 0) is 0 Å². The van der Waals surface area contributed by atoms with E-state index in [9.17, 15) is 0 Å². The number of nitrogens with two attached hydrogens (primary N) is 1. The number of hydrogen-bond donors (Lipinski definition) is 1. The fourth-order valence-electron chi connectivity index (χ4n) is 1.31. The van der Waals surface area contributed by atoms with Crippen LogP contribution in [0.4, 0.5) is 0 Å². The predicted molar refractivity (Wildman–Crippen MR) is 70.1 cm³/mol. The Kier molecular flexibility index (Phi) is 7.03. The maximum Gasteiger partial charge on any atom is 0.0468 e. The van der Waals surface area contributed by atoms with Gasteiger partial charge in [-0.2, -0.15) is 0 Å². The fourth-order valence-corrected chi connectivity index (χ4v) is 1.98. The van der Waals surface area contributed by atoms with E-state index in [2.05, 4.69) is 6.58 Å². The van der Waals surface area contributed by atoms with Crippen molar-refractivity contribution in [2.45, 2.75) is 18.9 Å². The van der Waals surface area contributed by atoms with Crippen LogP contribution in [0.3, 0.4) is 0 Å². The van der Waals surface area contributed by atoms with Gasteiger partial charge in [0, 0.05) is 21.7 Å². The van der Waals surface area contributed by atoms with Crippen molar-refractivity contribution in [1.29, 1.82) is 0 Å². The van der Waals surface area contributed by atoms with Gasteiger partial charge in [0.15, 0.2) is 0 Å². The molecule has 1 aromatic rings. The van der Waals surface area contributed by atoms with Crippen LogP contribution in [0.15, 0.2) is 30.9 Å². The Morgan fingerprint density at radius 2 is 1.87 bits per heavy atom. The smallest absolute Gasteiger partial charge is 0.0468 e. The van der Waals surface area contributed by atoms with Crippen molar-refractivity contribution in [1.82, 2.24) is 0 Å². The molecule has 2 N–H and O–H groups in total. The van der Waals surface area contributed by atoms with Crippen LogP contribution in [0.25, 0.3) is 0 Å². The summed E-state index contributed by atoms with van der Waals surface area (Å²) in [5.74, 6) is 0. The van der Waals surface area contributed by atoms with Gasteiger partial charge in [0.25, 0.3) is 0 Å². The minimum absolute atomic E-state index is 0. The minimum atomic E-state index is -0.116. The van der Waals surface area contributed by atoms with E-state index in [0.717, 1.165) is 18.4 Å². The van der Waals surface area contributed by atoms with Gasteiger partial charge in [0.1, 0.15) is 0 Å². The van der Waals surface area contributed by atoms with Gasteiger partial charge in [0.2, 0.25) is 0 Å². The number of benzene rings is 1. The monoisotopic (exact) mass is 265 g/mol. The first-order chi connectivity index (χ1) is 6.66. The lowest BCUT2D eigenvalue weighted by atomic mass is 10.0. The van der Waals surface area contributed by atoms with Crippen molar-refractivity contribution in [3.63, 3.8) is 0 Å². The van der Waals surface area contributed by atoms with E-state index in [0.29, 0.717) is 10.0 Å². The van der Waals surface area contributed by atoms with E-state index in [-0.39, 0.29) is 18.4 Å². The molecule has 0 amide bonds. The lowest BCUT2D eigenvalue weighted by molar-refractivity contribution is 0.662. The van der Waals surface area contributed by atoms with E-state index < -0.39 is 0 Å². The van der Waals surface area contributed by atoms with Crippen LogP contribution in [0.5, 0.6) is 0 Å². The zero-order valence-corrected chi connectivity index (χ0v) is 10.6. The lowest BCUT2D eigenvalue weighted by Crippen LogP contribution is -2.10. The van der Waals surface area contributed by atoms with Crippen molar-refractivity contribution in [3.8, 4) is 0 Å². The summed E-state index contributed by atoms with van der Waals surface area (Å²) in [5, 5.41) is 1.27. The lowest BCUT2D eigenvalue weighted by Gasteiger charge is -2.14. The molecule has 1 atom stereocenters. The standard InChI is InChI=1S/C11H13Cl2N.ClH/c1-2-3-7-10(14)11-8(12)5-4-6-9(11)13;/h2,4-6,10H,1,3,7,14H2;1H/t10-;/m0./s1. The van der Waals surface area contributed by atoms with Crippen LogP contribution in [0, 0.1) is 0 Å². The normalized spacial score (nSPS) is 11.7. The van der Waals surface area contributed by atoms with Gasteiger partial charge in [-0.1, -0.05) is 35.3 Å². The van der Waals surface area contributed by atoms with Gasteiger partial charge in [-0.05, 0) is 25.0 Å². The maximum atomic E-state index is 6.01. The summed E-state index contributed by atoms with van der Waals surface area (Å²) < 4.78 is 0. The molecule has 1 rings (SSSR count). The molecule has 0 aliphatic rings. The molecule has 0 aliphatic heterocycles. The van der Waals surface area contributed by atoms with Crippen LogP contribution in [0.2, 0.25) is 10.0 Å². The van der Waals surface area contributed by atoms with E-state index in [1.165, 1.54) is 0 Å². The minimum Gasteiger partial charge on any atom is -0.324 e. The SMILES string of the molecule is C=CCC[C@H](N)c1c(Cl)cccc1Cl.Cl. The molecule has 0 unspecified atom stereocenters. The molecule has 0 radical (unpaired) electrons. The highest BCUT2D eigenvalue weighted by Gasteiger charge is 2.12. The Hall–Kier alpha value is -0.210. The molecule has 15 heavy (non-hydrogen) atoms. The van der Waals surface area contributed by atoms with Crippen molar-refractivity contribution >= 4 is 35.6 Å². The Bertz CT molecular complexity index is 305. The molecular weight excluding hydrogens is 252 g/mol. The molecule has 0 aliphatic carbocycles. The topological polar surface area (TPSA) is 26.0 Å². The average molecular weight is 267 g/mol. The van der Waals surface area contributed by atoms with Crippen LogP contribution < -0.4 is 5.73 Å². The Morgan fingerprint density at radius 3 is 2.33 bits per heavy atom. The first-order valence-corrected chi connectivity index (χ1v) is 5.22. The molecule has 0 saturated heterocycles. The largest absolute Gasteiger partial charge is 0.324 e. The Balaban J connectivity index is 0.00000196. The molecule has 84 valence electrons. The molecule has 0 fully saturated rings. The van der Waals surface area contributed by atoms with Crippen molar-refractivity contribution < 1.29 is 0 Å². The van der Waals surface area contributed by atoms with E-state index in [4.69, 9.17) is 28.9 Å². The number of allylic oxidation sites excluding steroid dienone is 1. The second kappa shape index (κ2) is 7.13. The van der Waals surface area contributed by atoms with E-state index >= 15 is 0 Å². The summed E-state index contributed by atoms with van der Waals surface area (Å²) in [5.41, 5.74) is 6.80. The second-order valence-electron chi connectivity index (χ2n) is 3.11. The number of halogens is 3. The van der Waals surface area contributed by atoms with Crippen LogP contribution in [0.1, 0.15) is 24.4 Å². The molecule has 0 aromatic heterocycles. The first-order valence-electron chi connectivity index (χ1n) is 4.47. The maximum absolute atomic E-state index is 6.01. The summed E-state index contributed by atoms with van der Waals surface area (Å²) in [6.07, 6.45) is 3.51. The van der Waals surface area contributed by atoms with E-state index in [1.807, 2.05) is 12.1 Å². The van der Waals surface area contributed by atoms with Gasteiger partial charge in [-0.3, -0.25) is 0 Å². The molecule has 1 aromatic carbocycles. The van der Waals surface area contributed by atoms with Gasteiger partial charge < -0.3 is 5.73 Å². The van der Waals surface area contributed by atoms with Gasteiger partial charge >= 0.3 is 0 Å². The summed E-state index contributed by atoms with van der Waals surface area (Å²) in [6.45, 7) is 3.65. The van der Waals surface area contributed by atoms with Gasteiger partial charge in [0.05, 0.1) is 0 Å². The summed E-state index contributed by atoms with van der Waals surface area (Å²) >= 11 is 12.0. The fraction of sp³-hybridized carbons (Fsp3) is 0.273. The Labute approximate surface area is 107 Å². The highest BCUT2D eigenvalue weighted by molar-refractivity contribution is 6.36. The molecule has 1 nitrogen and oxygen atoms in total. The van der Waals surface area contributed by atoms with Crippen molar-refractivity contribution in [2.75, 3.05) is 0 Å². The molecule has 0 bridgehead atoms. The van der Waals surface area contributed by atoms with E-state index in [1.54, 1.807) is 12.1 Å². The third-order valence-corrected chi connectivity index (χ3v) is 2.71. The summed E-state index contributed by atoms with van der Waals surface area (Å²) in [6, 6.07) is 5.30. The molecular formula is C11H14Cl3N. The van der Waals surface area contributed by atoms with Gasteiger partial charge in [-0.15, -0.1) is 19.0 Å². The second-order valence-corrected chi connectivity index (χ2v) is 3.92. The number of hydrogen-bond acceptors (Lipinski definition) is 1. The average Bonchev–Trinajstić information content (AvgIpc) is 2.14. The highest BCUT2D eigenvalue weighted by Crippen LogP contribution is 2.30. The number of rotatable bonds is 4. The van der Waals surface area contributed by atoms with Crippen LogP contribution in [-0.4, -0.2) is 0 Å². The first kappa shape index (κ1) is 14.8. The van der Waals surface area contributed by atoms with Crippen molar-refractivity contribution in [3.05, 3.63) is 46.5 Å².